The minimum absolute atomic E-state index is 0.843. The Bertz CT molecular complexity index is 103. The van der Waals surface area contributed by atoms with Crippen LogP contribution in [0.5, 0.6) is 0 Å². The third kappa shape index (κ3) is 5.17. The molecule has 74 valence electrons. The van der Waals surface area contributed by atoms with Crippen LogP contribution in [-0.2, 0) is 4.43 Å². The van der Waals surface area contributed by atoms with Crippen LogP contribution in [0.15, 0.2) is 0 Å². The third-order valence-corrected chi connectivity index (χ3v) is 6.49. The monoisotopic (exact) mass is 208 g/mol. The summed E-state index contributed by atoms with van der Waals surface area (Å²) in [5.41, 5.74) is 0. The summed E-state index contributed by atoms with van der Waals surface area (Å²) < 4.78 is 5.76. The summed E-state index contributed by atoms with van der Waals surface area (Å²) in [5, 5.41) is 0. The van der Waals surface area contributed by atoms with Crippen LogP contribution < -0.4 is 0 Å². The Morgan fingerprint density at radius 2 is 1.50 bits per heavy atom. The van der Waals surface area contributed by atoms with Gasteiger partial charge in [-0.1, -0.05) is 33.6 Å². The van der Waals surface area contributed by atoms with Crippen molar-refractivity contribution in [2.24, 2.45) is 0 Å². The van der Waals surface area contributed by atoms with Crippen LogP contribution in [-0.4, -0.2) is 14.2 Å². The van der Waals surface area contributed by atoms with Gasteiger partial charge < -0.3 is 4.43 Å². The van der Waals surface area contributed by atoms with Crippen LogP contribution in [0.4, 0.5) is 0 Å². The van der Waals surface area contributed by atoms with Gasteiger partial charge in [-0.3, -0.25) is 0 Å². The van der Waals surface area contributed by atoms with Crippen LogP contribution in [0, 0.1) is 0 Å². The molecule has 0 spiro atoms. The van der Waals surface area contributed by atoms with Crippen LogP contribution in [0.1, 0.15) is 40.0 Å². The first-order chi connectivity index (χ1) is 5.68. The molecule has 0 aliphatic heterocycles. The highest BCUT2D eigenvalue weighted by atomic mass is 35.6. The summed E-state index contributed by atoms with van der Waals surface area (Å²) in [6, 6.07) is 2.20. The van der Waals surface area contributed by atoms with E-state index in [2.05, 4.69) is 20.8 Å². The molecule has 0 unspecified atom stereocenters. The zero-order chi connectivity index (χ0) is 9.45. The Balaban J connectivity index is 3.80. The first kappa shape index (κ1) is 12.5. The van der Waals surface area contributed by atoms with Crippen LogP contribution in [0.3, 0.4) is 0 Å². The molecule has 0 bridgehead atoms. The first-order valence-electron chi connectivity index (χ1n) is 5.01. The van der Waals surface area contributed by atoms with E-state index in [1.165, 1.54) is 0 Å². The molecule has 0 aliphatic carbocycles. The minimum Gasteiger partial charge on any atom is -0.403 e. The largest absolute Gasteiger partial charge is 0.403 e. The highest BCUT2D eigenvalue weighted by Crippen LogP contribution is 2.25. The molecule has 0 aromatic heterocycles. The molecule has 0 aromatic carbocycles. The lowest BCUT2D eigenvalue weighted by Gasteiger charge is -2.23. The fraction of sp³-hybridized carbons (Fsp3) is 1.00. The second kappa shape index (κ2) is 6.93. The van der Waals surface area contributed by atoms with Crippen molar-refractivity contribution in [1.29, 1.82) is 0 Å². The van der Waals surface area contributed by atoms with Crippen LogP contribution >= 0.6 is 11.1 Å². The molecule has 0 saturated heterocycles. The fourth-order valence-corrected chi connectivity index (χ4v) is 5.27. The standard InChI is InChI=1S/C9H21ClOSi/c1-4-7-11-12(10,8-5-2)9-6-3/h4-9H2,1-3H3. The Kier molecular flexibility index (Phi) is 7.20. The molecule has 0 N–H and O–H groups in total. The molecule has 0 rings (SSSR count). The van der Waals surface area contributed by atoms with E-state index in [4.69, 9.17) is 15.5 Å². The van der Waals surface area contributed by atoms with E-state index < -0.39 is 7.63 Å². The molecule has 0 amide bonds. The predicted molar refractivity (Wildman–Crippen MR) is 58.0 cm³/mol. The molecule has 0 fully saturated rings. The van der Waals surface area contributed by atoms with Crippen molar-refractivity contribution in [3.05, 3.63) is 0 Å². The van der Waals surface area contributed by atoms with Gasteiger partial charge >= 0.3 is 0 Å². The average Bonchev–Trinajstić information content (AvgIpc) is 2.02. The molecule has 1 nitrogen and oxygen atoms in total. The van der Waals surface area contributed by atoms with Crippen LogP contribution in [0.2, 0.25) is 12.1 Å². The number of rotatable bonds is 7. The average molecular weight is 209 g/mol. The summed E-state index contributed by atoms with van der Waals surface area (Å²) in [4.78, 5) is 0. The van der Waals surface area contributed by atoms with Gasteiger partial charge in [-0.15, -0.1) is 11.1 Å². The number of hydrogen-bond acceptors (Lipinski definition) is 1. The summed E-state index contributed by atoms with van der Waals surface area (Å²) in [5.74, 6) is 0. The van der Waals surface area contributed by atoms with Gasteiger partial charge in [0.05, 0.1) is 0 Å². The lowest BCUT2D eigenvalue weighted by molar-refractivity contribution is 0.310. The quantitative estimate of drug-likeness (QED) is 0.455. The fourth-order valence-electron chi connectivity index (χ4n) is 1.30. The summed E-state index contributed by atoms with van der Waals surface area (Å²) in [6.07, 6.45) is 3.38. The Morgan fingerprint density at radius 3 is 1.83 bits per heavy atom. The summed E-state index contributed by atoms with van der Waals surface area (Å²) >= 11 is 6.43. The third-order valence-electron chi connectivity index (χ3n) is 1.81. The lowest BCUT2D eigenvalue weighted by Crippen LogP contribution is -2.31. The van der Waals surface area contributed by atoms with Crippen molar-refractivity contribution in [2.45, 2.75) is 52.1 Å². The van der Waals surface area contributed by atoms with E-state index in [9.17, 15) is 0 Å². The molecule has 0 heterocycles. The van der Waals surface area contributed by atoms with E-state index in [-0.39, 0.29) is 0 Å². The zero-order valence-electron chi connectivity index (χ0n) is 8.53. The van der Waals surface area contributed by atoms with Gasteiger partial charge in [0.15, 0.2) is 0 Å². The van der Waals surface area contributed by atoms with Gasteiger partial charge in [0.2, 0.25) is 0 Å². The van der Waals surface area contributed by atoms with Crippen molar-refractivity contribution >= 4 is 18.7 Å². The number of halogens is 1. The molecule has 0 aromatic rings. The predicted octanol–water partition coefficient (Wildman–Crippen LogP) is 3.91. The molecular formula is C9H21ClOSi. The van der Waals surface area contributed by atoms with Crippen molar-refractivity contribution in [3.8, 4) is 0 Å². The molecular weight excluding hydrogens is 188 g/mol. The first-order valence-corrected chi connectivity index (χ1v) is 8.34. The normalized spacial score (nSPS) is 12.0. The van der Waals surface area contributed by atoms with E-state index in [1.54, 1.807) is 0 Å². The molecule has 0 saturated carbocycles. The molecule has 0 radical (unpaired) electrons. The Hall–Kier alpha value is 0.467. The van der Waals surface area contributed by atoms with E-state index in [0.717, 1.165) is 38.0 Å². The second-order valence-corrected chi connectivity index (χ2v) is 8.35. The van der Waals surface area contributed by atoms with E-state index in [0.29, 0.717) is 0 Å². The molecule has 0 atom stereocenters. The molecule has 3 heteroatoms. The van der Waals surface area contributed by atoms with E-state index >= 15 is 0 Å². The van der Waals surface area contributed by atoms with Gasteiger partial charge in [-0.05, 0) is 18.5 Å². The van der Waals surface area contributed by atoms with Gasteiger partial charge in [0, 0.05) is 6.61 Å². The smallest absolute Gasteiger partial charge is 0.290 e. The van der Waals surface area contributed by atoms with Crippen molar-refractivity contribution in [2.75, 3.05) is 6.61 Å². The molecule has 0 aliphatic rings. The van der Waals surface area contributed by atoms with Crippen molar-refractivity contribution in [3.63, 3.8) is 0 Å². The van der Waals surface area contributed by atoms with Gasteiger partial charge in [0.25, 0.3) is 7.63 Å². The van der Waals surface area contributed by atoms with Gasteiger partial charge in [0.1, 0.15) is 0 Å². The lowest BCUT2D eigenvalue weighted by atomic mass is 10.5. The Morgan fingerprint density at radius 1 is 1.00 bits per heavy atom. The maximum atomic E-state index is 6.43. The SMILES string of the molecule is CCCO[Si](Cl)(CCC)CCC. The Labute approximate surface area is 82.3 Å². The maximum Gasteiger partial charge on any atom is 0.290 e. The zero-order valence-corrected chi connectivity index (χ0v) is 10.3. The summed E-state index contributed by atoms with van der Waals surface area (Å²) in [6.45, 7) is 7.32. The number of hydrogen-bond donors (Lipinski definition) is 0. The second-order valence-electron chi connectivity index (χ2n) is 3.23. The van der Waals surface area contributed by atoms with E-state index in [1.807, 2.05) is 0 Å². The van der Waals surface area contributed by atoms with Gasteiger partial charge in [-0.25, -0.2) is 0 Å². The maximum absolute atomic E-state index is 6.43. The van der Waals surface area contributed by atoms with Crippen molar-refractivity contribution < 1.29 is 4.43 Å². The van der Waals surface area contributed by atoms with Crippen LogP contribution in [0.25, 0.3) is 0 Å². The minimum atomic E-state index is -1.80. The highest BCUT2D eigenvalue weighted by Gasteiger charge is 2.30. The highest BCUT2D eigenvalue weighted by molar-refractivity contribution is 7.16. The summed E-state index contributed by atoms with van der Waals surface area (Å²) in [7, 11) is -1.80. The molecule has 12 heavy (non-hydrogen) atoms. The topological polar surface area (TPSA) is 9.23 Å². The van der Waals surface area contributed by atoms with Gasteiger partial charge in [-0.2, -0.15) is 0 Å². The van der Waals surface area contributed by atoms with Crippen molar-refractivity contribution in [1.82, 2.24) is 0 Å².